The Morgan fingerprint density at radius 2 is 1.64 bits per heavy atom. The van der Waals surface area contributed by atoms with Crippen molar-refractivity contribution < 1.29 is 51.3 Å². The van der Waals surface area contributed by atoms with E-state index in [1.165, 1.54) is 33.8 Å². The van der Waals surface area contributed by atoms with Gasteiger partial charge in [-0.2, -0.15) is 5.10 Å². The van der Waals surface area contributed by atoms with Gasteiger partial charge in [0.2, 0.25) is 17.7 Å². The Kier molecular flexibility index (Phi) is 15.6. The van der Waals surface area contributed by atoms with Crippen molar-refractivity contribution in [3.05, 3.63) is 105 Å². The lowest BCUT2D eigenvalue weighted by Crippen LogP contribution is -2.49. The number of ether oxygens (including phenoxy) is 2. The molecule has 1 aliphatic carbocycles. The van der Waals surface area contributed by atoms with Gasteiger partial charge in [-0.15, -0.1) is 0 Å². The number of likely N-dealkylation sites (tertiary alicyclic amines) is 2. The number of aryl methyl sites for hydroxylation is 1. The molecule has 3 atom stereocenters. The molecule has 77 heavy (non-hydrogen) atoms. The highest BCUT2D eigenvalue weighted by Crippen LogP contribution is 2.57. The Balaban J connectivity index is 0.730. The van der Waals surface area contributed by atoms with Crippen LogP contribution in [0.1, 0.15) is 117 Å². The molecule has 0 spiro atoms. The van der Waals surface area contributed by atoms with Crippen molar-refractivity contribution in [3.8, 4) is 22.6 Å². The Hall–Kier alpha value is -6.28. The number of benzene rings is 4. The number of aliphatic hydroxyl groups excluding tert-OH is 1. The standard InChI is InChI=1S/C57H65ClF4N8O7/c1-31(68-22-17-34(18-23-68)46-40(59)28-39-52(51(46)62)67(3)66-54(39)70-24-19-44(72)65-56(70)75)27-33-15-20-69(21-16-33)55(74)35-9-11-37(12-10-35)64-30-57(36-7-5-4-6-8-36)32(2)45-43(77-57)29-41(60)49(58)48(45)47-38(53(63)73)13-14-42(50(47)61)76-26-25-71/h4-8,13-14,28-29,31-35,37,64,71H,9-12,15-27,30H2,1-3H3,(H2,63,73)(H,65,72,75). The monoisotopic (exact) mass is 1080 g/mol. The first-order valence-electron chi connectivity index (χ1n) is 26.8. The molecule has 3 unspecified atom stereocenters. The lowest BCUT2D eigenvalue weighted by atomic mass is 9.77. The van der Waals surface area contributed by atoms with Gasteiger partial charge >= 0.3 is 6.03 Å². The summed E-state index contributed by atoms with van der Waals surface area (Å²) in [5.74, 6) is -4.95. The van der Waals surface area contributed by atoms with Crippen LogP contribution in [-0.2, 0) is 22.2 Å². The van der Waals surface area contributed by atoms with Crippen molar-refractivity contribution in [1.82, 2.24) is 30.2 Å². The first-order valence-corrected chi connectivity index (χ1v) is 27.2. The molecular formula is C57H65ClF4N8O7. The lowest BCUT2D eigenvalue weighted by Gasteiger charge is -2.40. The molecule has 3 saturated heterocycles. The molecule has 15 nitrogen and oxygen atoms in total. The van der Waals surface area contributed by atoms with Crippen molar-refractivity contribution in [2.45, 2.75) is 108 Å². The average Bonchev–Trinajstić information content (AvgIpc) is 3.94. The number of nitrogens with zero attached hydrogens (tertiary/aromatic N) is 5. The number of fused-ring (bicyclic) bond motifs is 2. The molecule has 5 amide bonds. The zero-order chi connectivity index (χ0) is 54.4. The molecule has 5 aliphatic rings. The molecule has 5 N–H and O–H groups in total. The van der Waals surface area contributed by atoms with E-state index in [-0.39, 0.29) is 106 Å². The molecule has 10 rings (SSSR count). The van der Waals surface area contributed by atoms with Crippen LogP contribution in [0.3, 0.4) is 0 Å². The summed E-state index contributed by atoms with van der Waals surface area (Å²) in [5, 5.41) is 19.5. The van der Waals surface area contributed by atoms with Crippen molar-refractivity contribution in [2.75, 3.05) is 57.4 Å². The van der Waals surface area contributed by atoms with Gasteiger partial charge in [0, 0.05) is 91.9 Å². The number of hydrogen-bond donors (Lipinski definition) is 4. The molecule has 4 aliphatic heterocycles. The van der Waals surface area contributed by atoms with Crippen LogP contribution >= 0.6 is 11.6 Å². The number of aromatic nitrogens is 2. The minimum absolute atomic E-state index is 0.0386. The summed E-state index contributed by atoms with van der Waals surface area (Å²) in [6, 6.07) is 14.1. The largest absolute Gasteiger partial charge is 0.488 e. The molecular weight excluding hydrogens is 1020 g/mol. The Labute approximate surface area is 449 Å². The van der Waals surface area contributed by atoms with Crippen LogP contribution in [0.4, 0.5) is 28.2 Å². The fourth-order valence-electron chi connectivity index (χ4n) is 12.9. The van der Waals surface area contributed by atoms with E-state index in [0.29, 0.717) is 63.3 Å². The van der Waals surface area contributed by atoms with Crippen LogP contribution in [0.5, 0.6) is 11.5 Å². The number of hydrogen-bond acceptors (Lipinski definition) is 10. The SMILES string of the molecule is CC(CC1CCN(C(=O)C2CCC(NCC3(c4ccccc4)Oc4cc(F)c(Cl)c(-c5c(C(N)=O)ccc(OCCO)c5F)c4C3C)CC2)CC1)N1CCC(c2c(F)cc3c(N4CCC(=O)NC4=O)nn(C)c3c2F)CC1. The molecule has 4 fully saturated rings. The van der Waals surface area contributed by atoms with Crippen LogP contribution < -0.4 is 30.7 Å². The molecule has 1 saturated carbocycles. The number of urea groups is 1. The second kappa shape index (κ2) is 22.2. The zero-order valence-electron chi connectivity index (χ0n) is 43.5. The van der Waals surface area contributed by atoms with Gasteiger partial charge in [0.15, 0.2) is 28.8 Å². The maximum atomic E-state index is 16.5. The van der Waals surface area contributed by atoms with Gasteiger partial charge in [-0.25, -0.2) is 22.4 Å². The van der Waals surface area contributed by atoms with Gasteiger partial charge < -0.3 is 35.4 Å². The fraction of sp³-hybridized carbons (Fsp3) is 0.491. The zero-order valence-corrected chi connectivity index (χ0v) is 44.2. The van der Waals surface area contributed by atoms with Crippen molar-refractivity contribution in [1.29, 1.82) is 0 Å². The van der Waals surface area contributed by atoms with Crippen LogP contribution in [-0.4, -0.2) is 113 Å². The second-order valence-corrected chi connectivity index (χ2v) is 21.9. The van der Waals surface area contributed by atoms with E-state index >= 15 is 17.6 Å². The number of aliphatic hydroxyl groups is 1. The number of nitrogens with one attached hydrogen (secondary N) is 2. The third-order valence-corrected chi connectivity index (χ3v) is 17.5. The van der Waals surface area contributed by atoms with E-state index in [1.54, 1.807) is 7.05 Å². The van der Waals surface area contributed by atoms with Gasteiger partial charge in [-0.1, -0.05) is 48.9 Å². The van der Waals surface area contributed by atoms with Gasteiger partial charge in [-0.05, 0) is 113 Å². The van der Waals surface area contributed by atoms with Crippen molar-refractivity contribution in [2.24, 2.45) is 24.6 Å². The Morgan fingerprint density at radius 3 is 2.31 bits per heavy atom. The smallest absolute Gasteiger partial charge is 0.329 e. The summed E-state index contributed by atoms with van der Waals surface area (Å²) >= 11 is 6.72. The number of rotatable bonds is 15. The van der Waals surface area contributed by atoms with Crippen molar-refractivity contribution >= 4 is 52.1 Å². The first kappa shape index (κ1) is 54.1. The third-order valence-electron chi connectivity index (χ3n) is 17.1. The van der Waals surface area contributed by atoms with E-state index < -0.39 is 64.3 Å². The van der Waals surface area contributed by atoms with Crippen LogP contribution in [0.2, 0.25) is 5.02 Å². The number of carbonyl (C=O) groups excluding carboxylic acids is 4. The Morgan fingerprint density at radius 1 is 0.922 bits per heavy atom. The highest BCUT2D eigenvalue weighted by atomic mass is 35.5. The maximum Gasteiger partial charge on any atom is 0.329 e. The molecule has 0 bridgehead atoms. The molecule has 410 valence electrons. The molecule has 20 heteroatoms. The highest BCUT2D eigenvalue weighted by Gasteiger charge is 2.50. The molecule has 5 aromatic rings. The molecule has 1 aromatic heterocycles. The summed E-state index contributed by atoms with van der Waals surface area (Å²) < 4.78 is 78.1. The van der Waals surface area contributed by atoms with Gasteiger partial charge in [0.05, 0.1) is 22.6 Å². The minimum Gasteiger partial charge on any atom is -0.488 e. The van der Waals surface area contributed by atoms with E-state index in [4.69, 9.17) is 26.8 Å². The number of primary amides is 1. The van der Waals surface area contributed by atoms with Crippen LogP contribution in [0.15, 0.2) is 54.6 Å². The number of nitrogens with two attached hydrogens (primary N) is 1. The van der Waals surface area contributed by atoms with Gasteiger partial charge in [0.1, 0.15) is 29.5 Å². The summed E-state index contributed by atoms with van der Waals surface area (Å²) in [5.41, 5.74) is 5.36. The van der Waals surface area contributed by atoms with E-state index in [2.05, 4.69) is 27.6 Å². The van der Waals surface area contributed by atoms with E-state index in [9.17, 15) is 24.3 Å². The number of imide groups is 1. The van der Waals surface area contributed by atoms with E-state index in [0.717, 1.165) is 37.7 Å². The Bertz CT molecular complexity index is 3090. The summed E-state index contributed by atoms with van der Waals surface area (Å²) in [4.78, 5) is 56.8. The van der Waals surface area contributed by atoms with Crippen LogP contribution in [0, 0.1) is 35.1 Å². The second-order valence-electron chi connectivity index (χ2n) is 21.6. The summed E-state index contributed by atoms with van der Waals surface area (Å²) in [7, 11) is 1.56. The lowest BCUT2D eigenvalue weighted by molar-refractivity contribution is -0.138. The first-order chi connectivity index (χ1) is 37.0. The van der Waals surface area contributed by atoms with Gasteiger partial charge in [0.25, 0.3) is 0 Å². The van der Waals surface area contributed by atoms with Gasteiger partial charge in [-0.3, -0.25) is 29.3 Å². The highest BCUT2D eigenvalue weighted by molar-refractivity contribution is 6.34. The number of carbonyl (C=O) groups is 4. The number of halogens is 5. The normalized spacial score (nSPS) is 23.0. The minimum atomic E-state index is -1.13. The van der Waals surface area contributed by atoms with E-state index in [1.807, 2.05) is 42.2 Å². The molecule has 4 aromatic carbocycles. The van der Waals surface area contributed by atoms with Crippen LogP contribution in [0.25, 0.3) is 22.0 Å². The molecule has 5 heterocycles. The summed E-state index contributed by atoms with van der Waals surface area (Å²) in [6.45, 7) is 6.61. The van der Waals surface area contributed by atoms with Crippen molar-refractivity contribution in [3.63, 3.8) is 0 Å². The summed E-state index contributed by atoms with van der Waals surface area (Å²) in [6.07, 6.45) is 6.91. The number of anilines is 1. The quantitative estimate of drug-likeness (QED) is 0.0739. The predicted octanol–water partition coefficient (Wildman–Crippen LogP) is 8.80. The number of amides is 5. The fourth-order valence-corrected chi connectivity index (χ4v) is 13.2. The predicted molar refractivity (Wildman–Crippen MR) is 282 cm³/mol. The average molecular weight is 1090 g/mol. The topological polar surface area (TPSA) is 185 Å². The maximum absolute atomic E-state index is 16.5. The molecule has 0 radical (unpaired) electrons. The third kappa shape index (κ3) is 10.2. The number of piperidine rings is 2.